The maximum Gasteiger partial charge on any atom is 0.223 e. The van der Waals surface area contributed by atoms with Crippen LogP contribution in [0.4, 0.5) is 0 Å². The van der Waals surface area contributed by atoms with Crippen molar-refractivity contribution in [2.75, 3.05) is 33.2 Å². The number of nitrogens with two attached hydrogens (primary N) is 1. The summed E-state index contributed by atoms with van der Waals surface area (Å²) in [7, 11) is 2.00. The molecule has 11 heavy (non-hydrogen) atoms. The Morgan fingerprint density at radius 3 is 3.09 bits per heavy atom. The quantitative estimate of drug-likeness (QED) is 0.493. The molecular formula is C7H15N3O. The van der Waals surface area contributed by atoms with Crippen molar-refractivity contribution < 1.29 is 4.79 Å². The Kier molecular flexibility index (Phi) is 2.84. The van der Waals surface area contributed by atoms with E-state index in [1.54, 1.807) is 0 Å². The van der Waals surface area contributed by atoms with Crippen LogP contribution in [0.5, 0.6) is 0 Å². The van der Waals surface area contributed by atoms with Gasteiger partial charge in [-0.1, -0.05) is 0 Å². The lowest BCUT2D eigenvalue weighted by Gasteiger charge is -2.15. The van der Waals surface area contributed by atoms with E-state index in [4.69, 9.17) is 5.73 Å². The van der Waals surface area contributed by atoms with Crippen LogP contribution in [0.15, 0.2) is 0 Å². The summed E-state index contributed by atoms with van der Waals surface area (Å²) in [5.74, 6) is -0.228. The van der Waals surface area contributed by atoms with Gasteiger partial charge in [-0.3, -0.25) is 4.79 Å². The molecular weight excluding hydrogens is 142 g/mol. The van der Waals surface area contributed by atoms with Crippen molar-refractivity contribution in [3.8, 4) is 0 Å². The molecule has 1 fully saturated rings. The molecule has 0 aromatic rings. The highest BCUT2D eigenvalue weighted by Gasteiger charge is 2.19. The van der Waals surface area contributed by atoms with E-state index in [9.17, 15) is 4.79 Å². The summed E-state index contributed by atoms with van der Waals surface area (Å²) in [5.41, 5.74) is 5.19. The van der Waals surface area contributed by atoms with Gasteiger partial charge in [0, 0.05) is 26.2 Å². The SMILES string of the molecule is CN1CCNCC(C(N)=O)C1. The van der Waals surface area contributed by atoms with Crippen LogP contribution in [0.2, 0.25) is 0 Å². The number of carbonyl (C=O) groups excluding carboxylic acids is 1. The molecule has 0 saturated carbocycles. The molecule has 1 saturated heterocycles. The molecule has 64 valence electrons. The maximum absolute atomic E-state index is 10.8. The van der Waals surface area contributed by atoms with Crippen molar-refractivity contribution in [1.29, 1.82) is 0 Å². The lowest BCUT2D eigenvalue weighted by atomic mass is 10.1. The number of carbonyl (C=O) groups is 1. The van der Waals surface area contributed by atoms with E-state index in [0.717, 1.165) is 26.2 Å². The van der Waals surface area contributed by atoms with Crippen LogP contribution in [0.1, 0.15) is 0 Å². The summed E-state index contributed by atoms with van der Waals surface area (Å²) >= 11 is 0. The Hall–Kier alpha value is -0.610. The molecule has 1 aliphatic rings. The summed E-state index contributed by atoms with van der Waals surface area (Å²) < 4.78 is 0. The van der Waals surface area contributed by atoms with Crippen LogP contribution in [-0.2, 0) is 4.79 Å². The standard InChI is InChI=1S/C7H15N3O/c1-10-3-2-9-4-6(5-10)7(8)11/h6,9H,2-5H2,1H3,(H2,8,11). The van der Waals surface area contributed by atoms with E-state index in [1.807, 2.05) is 7.05 Å². The fourth-order valence-electron chi connectivity index (χ4n) is 1.27. The highest BCUT2D eigenvalue weighted by Crippen LogP contribution is 1.99. The number of primary amides is 1. The molecule has 1 atom stereocenters. The highest BCUT2D eigenvalue weighted by molar-refractivity contribution is 5.77. The molecule has 1 amide bonds. The van der Waals surface area contributed by atoms with Gasteiger partial charge in [0.05, 0.1) is 5.92 Å². The molecule has 3 N–H and O–H groups in total. The van der Waals surface area contributed by atoms with Gasteiger partial charge in [-0.25, -0.2) is 0 Å². The lowest BCUT2D eigenvalue weighted by molar-refractivity contribution is -0.121. The number of hydrogen-bond donors (Lipinski definition) is 2. The van der Waals surface area contributed by atoms with Gasteiger partial charge in [-0.05, 0) is 7.05 Å². The zero-order valence-electron chi connectivity index (χ0n) is 6.84. The van der Waals surface area contributed by atoms with E-state index in [-0.39, 0.29) is 11.8 Å². The van der Waals surface area contributed by atoms with E-state index >= 15 is 0 Å². The number of amides is 1. The number of hydrogen-bond acceptors (Lipinski definition) is 3. The third kappa shape index (κ3) is 2.48. The summed E-state index contributed by atoms with van der Waals surface area (Å²) in [6, 6.07) is 0. The third-order valence-corrected chi connectivity index (χ3v) is 2.00. The Morgan fingerprint density at radius 1 is 1.73 bits per heavy atom. The van der Waals surface area contributed by atoms with Gasteiger partial charge in [0.1, 0.15) is 0 Å². The van der Waals surface area contributed by atoms with Gasteiger partial charge in [-0.2, -0.15) is 0 Å². The topological polar surface area (TPSA) is 58.4 Å². The van der Waals surface area contributed by atoms with Gasteiger partial charge >= 0.3 is 0 Å². The molecule has 4 nitrogen and oxygen atoms in total. The minimum absolute atomic E-state index is 0.0255. The van der Waals surface area contributed by atoms with Crippen LogP contribution in [0.25, 0.3) is 0 Å². The fraction of sp³-hybridized carbons (Fsp3) is 0.857. The van der Waals surface area contributed by atoms with Crippen molar-refractivity contribution in [2.24, 2.45) is 11.7 Å². The van der Waals surface area contributed by atoms with E-state index in [2.05, 4.69) is 10.2 Å². The fourth-order valence-corrected chi connectivity index (χ4v) is 1.27. The molecule has 1 heterocycles. The average molecular weight is 157 g/mol. The summed E-state index contributed by atoms with van der Waals surface area (Å²) in [6.07, 6.45) is 0. The van der Waals surface area contributed by atoms with Gasteiger partial charge in [0.25, 0.3) is 0 Å². The summed E-state index contributed by atoms with van der Waals surface area (Å²) in [5, 5.41) is 3.17. The highest BCUT2D eigenvalue weighted by atomic mass is 16.1. The largest absolute Gasteiger partial charge is 0.369 e. The molecule has 0 spiro atoms. The zero-order chi connectivity index (χ0) is 8.27. The molecule has 1 unspecified atom stereocenters. The minimum atomic E-state index is -0.203. The van der Waals surface area contributed by atoms with Crippen molar-refractivity contribution >= 4 is 5.91 Å². The van der Waals surface area contributed by atoms with E-state index < -0.39 is 0 Å². The second-order valence-corrected chi connectivity index (χ2v) is 3.07. The molecule has 1 aliphatic heterocycles. The first kappa shape index (κ1) is 8.49. The van der Waals surface area contributed by atoms with Crippen molar-refractivity contribution in [3.63, 3.8) is 0 Å². The molecule has 0 radical (unpaired) electrons. The maximum atomic E-state index is 10.8. The molecule has 0 aromatic carbocycles. The first-order chi connectivity index (χ1) is 5.20. The number of nitrogens with one attached hydrogen (secondary N) is 1. The number of likely N-dealkylation sites (N-methyl/N-ethyl adjacent to an activating group) is 1. The second kappa shape index (κ2) is 3.69. The minimum Gasteiger partial charge on any atom is -0.369 e. The Balaban J connectivity index is 2.45. The van der Waals surface area contributed by atoms with Gasteiger partial charge in [0.2, 0.25) is 5.91 Å². The summed E-state index contributed by atoms with van der Waals surface area (Å²) in [6.45, 7) is 3.44. The Bertz CT molecular complexity index is 149. The predicted molar refractivity (Wildman–Crippen MR) is 43.1 cm³/mol. The molecule has 0 bridgehead atoms. The van der Waals surface area contributed by atoms with Gasteiger partial charge in [-0.15, -0.1) is 0 Å². The normalized spacial score (nSPS) is 27.9. The first-order valence-corrected chi connectivity index (χ1v) is 3.88. The lowest BCUT2D eigenvalue weighted by Crippen LogP contribution is -2.36. The predicted octanol–water partition coefficient (Wildman–Crippen LogP) is -1.38. The first-order valence-electron chi connectivity index (χ1n) is 3.88. The average Bonchev–Trinajstić information content (AvgIpc) is 2.13. The molecule has 4 heteroatoms. The van der Waals surface area contributed by atoms with Gasteiger partial charge < -0.3 is 16.0 Å². The van der Waals surface area contributed by atoms with E-state index in [0.29, 0.717) is 0 Å². The summed E-state index contributed by atoms with van der Waals surface area (Å²) in [4.78, 5) is 12.9. The molecule has 0 aliphatic carbocycles. The number of nitrogens with zero attached hydrogens (tertiary/aromatic N) is 1. The smallest absolute Gasteiger partial charge is 0.223 e. The van der Waals surface area contributed by atoms with Crippen LogP contribution in [-0.4, -0.2) is 44.0 Å². The van der Waals surface area contributed by atoms with Crippen molar-refractivity contribution in [2.45, 2.75) is 0 Å². The Morgan fingerprint density at radius 2 is 2.45 bits per heavy atom. The third-order valence-electron chi connectivity index (χ3n) is 2.00. The zero-order valence-corrected chi connectivity index (χ0v) is 6.84. The van der Waals surface area contributed by atoms with Crippen LogP contribution >= 0.6 is 0 Å². The van der Waals surface area contributed by atoms with Crippen LogP contribution in [0.3, 0.4) is 0 Å². The second-order valence-electron chi connectivity index (χ2n) is 3.07. The number of rotatable bonds is 1. The van der Waals surface area contributed by atoms with Crippen LogP contribution < -0.4 is 11.1 Å². The molecule has 0 aromatic heterocycles. The van der Waals surface area contributed by atoms with E-state index in [1.165, 1.54) is 0 Å². The molecule has 1 rings (SSSR count). The monoisotopic (exact) mass is 157 g/mol. The van der Waals surface area contributed by atoms with Crippen LogP contribution in [0, 0.1) is 5.92 Å². The van der Waals surface area contributed by atoms with Crippen molar-refractivity contribution in [1.82, 2.24) is 10.2 Å². The van der Waals surface area contributed by atoms with Crippen molar-refractivity contribution in [3.05, 3.63) is 0 Å². The van der Waals surface area contributed by atoms with Gasteiger partial charge in [0.15, 0.2) is 0 Å². The Labute approximate surface area is 66.7 Å².